The van der Waals surface area contributed by atoms with Crippen molar-refractivity contribution < 1.29 is 4.74 Å². The van der Waals surface area contributed by atoms with Crippen LogP contribution in [-0.2, 0) is 0 Å². The van der Waals surface area contributed by atoms with Crippen LogP contribution in [0.1, 0.15) is 11.4 Å². The van der Waals surface area contributed by atoms with Crippen LogP contribution in [0, 0.1) is 6.92 Å². The third-order valence-electron chi connectivity index (χ3n) is 4.10. The summed E-state index contributed by atoms with van der Waals surface area (Å²) in [5.74, 6) is 1.30. The minimum atomic E-state index is -0.219. The third kappa shape index (κ3) is 2.57. The molecule has 124 valence electrons. The van der Waals surface area contributed by atoms with E-state index in [0.717, 1.165) is 22.2 Å². The van der Waals surface area contributed by atoms with Crippen molar-refractivity contribution in [3.8, 4) is 5.75 Å². The summed E-state index contributed by atoms with van der Waals surface area (Å²) in [7, 11) is 1.62. The molecule has 0 aliphatic heterocycles. The standard InChI is InChI=1S/C19H16N4O2/c1-12-21-17-15-5-3-4-6-16(15)22-18(17)19(24)23(12)20-11-13-7-9-14(25-2)10-8-13/h3-11,22H,1-2H3/b20-11+. The zero-order chi connectivity index (χ0) is 17.4. The van der Waals surface area contributed by atoms with E-state index in [0.29, 0.717) is 16.9 Å². The Kier molecular flexibility index (Phi) is 3.57. The second-order valence-electron chi connectivity index (χ2n) is 5.69. The van der Waals surface area contributed by atoms with Crippen LogP contribution in [0.3, 0.4) is 0 Å². The molecule has 1 N–H and O–H groups in total. The van der Waals surface area contributed by atoms with Crippen molar-refractivity contribution in [3.63, 3.8) is 0 Å². The summed E-state index contributed by atoms with van der Waals surface area (Å²) >= 11 is 0. The number of aromatic amines is 1. The summed E-state index contributed by atoms with van der Waals surface area (Å²) < 4.78 is 6.44. The van der Waals surface area contributed by atoms with Crippen LogP contribution < -0.4 is 10.3 Å². The van der Waals surface area contributed by atoms with Crippen molar-refractivity contribution in [2.24, 2.45) is 5.10 Å². The summed E-state index contributed by atoms with van der Waals surface area (Å²) in [6.07, 6.45) is 1.63. The molecule has 0 aliphatic rings. The van der Waals surface area contributed by atoms with Gasteiger partial charge in [0.2, 0.25) is 0 Å². The molecule has 0 bridgehead atoms. The molecule has 6 heteroatoms. The topological polar surface area (TPSA) is 72.3 Å². The monoisotopic (exact) mass is 332 g/mol. The lowest BCUT2D eigenvalue weighted by Crippen LogP contribution is -2.20. The molecule has 4 aromatic rings. The predicted molar refractivity (Wildman–Crippen MR) is 98.6 cm³/mol. The number of rotatable bonds is 3. The van der Waals surface area contributed by atoms with Gasteiger partial charge in [-0.15, -0.1) is 0 Å². The van der Waals surface area contributed by atoms with E-state index in [1.165, 1.54) is 4.68 Å². The minimum Gasteiger partial charge on any atom is -0.497 e. The van der Waals surface area contributed by atoms with E-state index in [4.69, 9.17) is 4.74 Å². The van der Waals surface area contributed by atoms with Crippen molar-refractivity contribution in [1.82, 2.24) is 14.6 Å². The van der Waals surface area contributed by atoms with Gasteiger partial charge in [0, 0.05) is 10.9 Å². The summed E-state index contributed by atoms with van der Waals surface area (Å²) in [6, 6.07) is 15.2. The Hall–Kier alpha value is -3.41. The SMILES string of the molecule is COc1ccc(/C=N/n2c(C)nc3c([nH]c4ccccc43)c2=O)cc1. The average Bonchev–Trinajstić information content (AvgIpc) is 3.01. The first-order chi connectivity index (χ1) is 12.2. The first kappa shape index (κ1) is 15.1. The largest absolute Gasteiger partial charge is 0.497 e. The fraction of sp³-hybridized carbons (Fsp3) is 0.105. The van der Waals surface area contributed by atoms with E-state index >= 15 is 0 Å². The molecule has 0 saturated carbocycles. The second kappa shape index (κ2) is 5.90. The van der Waals surface area contributed by atoms with Crippen molar-refractivity contribution in [3.05, 3.63) is 70.3 Å². The molecule has 0 aliphatic carbocycles. The maximum atomic E-state index is 12.8. The van der Waals surface area contributed by atoms with E-state index < -0.39 is 0 Å². The number of para-hydroxylation sites is 1. The predicted octanol–water partition coefficient (Wildman–Crippen LogP) is 3.08. The Morgan fingerprint density at radius 1 is 1.16 bits per heavy atom. The van der Waals surface area contributed by atoms with Crippen LogP contribution in [0.5, 0.6) is 5.75 Å². The Bertz CT molecular complexity index is 1150. The number of hydrogen-bond donors (Lipinski definition) is 1. The molecule has 4 rings (SSSR count). The number of ether oxygens (including phenoxy) is 1. The Morgan fingerprint density at radius 2 is 1.92 bits per heavy atom. The molecule has 2 aromatic heterocycles. The highest BCUT2D eigenvalue weighted by atomic mass is 16.5. The van der Waals surface area contributed by atoms with Gasteiger partial charge in [-0.2, -0.15) is 9.78 Å². The number of aromatic nitrogens is 3. The smallest absolute Gasteiger partial charge is 0.298 e. The van der Waals surface area contributed by atoms with Crippen molar-refractivity contribution in [1.29, 1.82) is 0 Å². The lowest BCUT2D eigenvalue weighted by Gasteiger charge is -2.03. The number of methoxy groups -OCH3 is 1. The van der Waals surface area contributed by atoms with E-state index in [2.05, 4.69) is 15.1 Å². The molecule has 2 aromatic carbocycles. The molecule has 0 fully saturated rings. The maximum absolute atomic E-state index is 12.8. The molecule has 0 saturated heterocycles. The molecule has 0 amide bonds. The number of nitrogens with one attached hydrogen (secondary N) is 1. The van der Waals surface area contributed by atoms with Gasteiger partial charge >= 0.3 is 0 Å². The number of benzene rings is 2. The van der Waals surface area contributed by atoms with Gasteiger partial charge in [0.15, 0.2) is 0 Å². The molecule has 0 spiro atoms. The van der Waals surface area contributed by atoms with Crippen LogP contribution in [0.15, 0.2) is 58.4 Å². The van der Waals surface area contributed by atoms with Gasteiger partial charge in [0.25, 0.3) is 5.56 Å². The van der Waals surface area contributed by atoms with Gasteiger partial charge < -0.3 is 9.72 Å². The summed E-state index contributed by atoms with van der Waals surface area (Å²) in [6.45, 7) is 1.77. The number of hydrogen-bond acceptors (Lipinski definition) is 4. The lowest BCUT2D eigenvalue weighted by atomic mass is 10.2. The Balaban J connectivity index is 1.82. The number of fused-ring (bicyclic) bond motifs is 3. The highest BCUT2D eigenvalue weighted by Crippen LogP contribution is 2.21. The summed E-state index contributed by atoms with van der Waals surface area (Å²) in [4.78, 5) is 20.5. The van der Waals surface area contributed by atoms with Gasteiger partial charge in [0.05, 0.1) is 13.3 Å². The molecule has 2 heterocycles. The molecule has 25 heavy (non-hydrogen) atoms. The maximum Gasteiger partial charge on any atom is 0.298 e. The van der Waals surface area contributed by atoms with Crippen LogP contribution in [-0.4, -0.2) is 28.0 Å². The van der Waals surface area contributed by atoms with E-state index in [1.807, 2.05) is 48.5 Å². The molecule has 6 nitrogen and oxygen atoms in total. The molecule has 0 radical (unpaired) electrons. The molecular weight excluding hydrogens is 316 g/mol. The number of H-pyrrole nitrogens is 1. The summed E-state index contributed by atoms with van der Waals surface area (Å²) in [5.41, 5.74) is 2.67. The normalized spacial score (nSPS) is 11.6. The summed E-state index contributed by atoms with van der Waals surface area (Å²) in [5, 5.41) is 5.24. The first-order valence-electron chi connectivity index (χ1n) is 7.86. The average molecular weight is 332 g/mol. The van der Waals surface area contributed by atoms with E-state index in [1.54, 1.807) is 20.2 Å². The molecule has 0 unspecified atom stereocenters. The zero-order valence-electron chi connectivity index (χ0n) is 13.9. The molecular formula is C19H16N4O2. The van der Waals surface area contributed by atoms with Crippen molar-refractivity contribution in [2.45, 2.75) is 6.92 Å². The van der Waals surface area contributed by atoms with Gasteiger partial charge in [0.1, 0.15) is 22.6 Å². The van der Waals surface area contributed by atoms with E-state index in [-0.39, 0.29) is 5.56 Å². The number of nitrogens with zero attached hydrogens (tertiary/aromatic N) is 3. The molecule has 0 atom stereocenters. The second-order valence-corrected chi connectivity index (χ2v) is 5.69. The van der Waals surface area contributed by atoms with Crippen molar-refractivity contribution >= 4 is 28.2 Å². The van der Waals surface area contributed by atoms with Crippen LogP contribution in [0.25, 0.3) is 21.9 Å². The number of aryl methyl sites for hydroxylation is 1. The minimum absolute atomic E-state index is 0.219. The van der Waals surface area contributed by atoms with Gasteiger partial charge in [-0.1, -0.05) is 18.2 Å². The van der Waals surface area contributed by atoms with Gasteiger partial charge in [-0.05, 0) is 42.8 Å². The zero-order valence-corrected chi connectivity index (χ0v) is 13.9. The van der Waals surface area contributed by atoms with Crippen molar-refractivity contribution in [2.75, 3.05) is 7.11 Å². The van der Waals surface area contributed by atoms with E-state index in [9.17, 15) is 4.79 Å². The lowest BCUT2D eigenvalue weighted by molar-refractivity contribution is 0.415. The fourth-order valence-electron chi connectivity index (χ4n) is 2.81. The van der Waals surface area contributed by atoms with Gasteiger partial charge in [-0.25, -0.2) is 4.98 Å². The Labute approximate surface area is 143 Å². The fourth-order valence-corrected chi connectivity index (χ4v) is 2.81. The third-order valence-corrected chi connectivity index (χ3v) is 4.10. The van der Waals surface area contributed by atoms with Crippen LogP contribution in [0.4, 0.5) is 0 Å². The highest BCUT2D eigenvalue weighted by Gasteiger charge is 2.12. The van der Waals surface area contributed by atoms with Crippen LogP contribution >= 0.6 is 0 Å². The van der Waals surface area contributed by atoms with Gasteiger partial charge in [-0.3, -0.25) is 4.79 Å². The highest BCUT2D eigenvalue weighted by molar-refractivity contribution is 6.04. The van der Waals surface area contributed by atoms with Crippen LogP contribution in [0.2, 0.25) is 0 Å². The Morgan fingerprint density at radius 3 is 2.68 bits per heavy atom. The first-order valence-corrected chi connectivity index (χ1v) is 7.86. The quantitative estimate of drug-likeness (QED) is 0.586.